The first-order valence-electron chi connectivity index (χ1n) is 17.8. The molecule has 52 heavy (non-hydrogen) atoms. The summed E-state index contributed by atoms with van der Waals surface area (Å²) < 4.78 is 2.56. The van der Waals surface area contributed by atoms with Crippen molar-refractivity contribution in [2.45, 2.75) is 0 Å². The highest BCUT2D eigenvalue weighted by Crippen LogP contribution is 2.47. The van der Waals surface area contributed by atoms with Gasteiger partial charge in [0.2, 0.25) is 0 Å². The summed E-state index contributed by atoms with van der Waals surface area (Å²) in [6.07, 6.45) is 0. The zero-order valence-corrected chi connectivity index (χ0v) is 29.2. The van der Waals surface area contributed by atoms with Crippen LogP contribution in [0.5, 0.6) is 0 Å². The first-order chi connectivity index (χ1) is 25.8. The first kappa shape index (κ1) is 30.4. The summed E-state index contributed by atoms with van der Waals surface area (Å²) >= 11 is 1.87. The van der Waals surface area contributed by atoms with E-state index >= 15 is 0 Å². The molecule has 0 bridgehead atoms. The Hall–Kier alpha value is -6.48. The quantitative estimate of drug-likeness (QED) is 0.158. The Morgan fingerprint density at radius 2 is 0.923 bits per heavy atom. The molecule has 1 heterocycles. The number of rotatable bonds is 6. The van der Waals surface area contributed by atoms with Crippen LogP contribution in [0, 0.1) is 0 Å². The number of thiophene rings is 1. The van der Waals surface area contributed by atoms with Crippen molar-refractivity contribution in [3.63, 3.8) is 0 Å². The number of nitrogens with zero attached hydrogens (tertiary/aromatic N) is 1. The van der Waals surface area contributed by atoms with Gasteiger partial charge in [-0.2, -0.15) is 0 Å². The number of hydrogen-bond acceptors (Lipinski definition) is 2. The smallest absolute Gasteiger partial charge is 0.0640 e. The molecule has 0 amide bonds. The summed E-state index contributed by atoms with van der Waals surface area (Å²) in [5, 5.41) is 7.56. The van der Waals surface area contributed by atoms with Crippen LogP contribution in [0.2, 0.25) is 0 Å². The SMILES string of the molecule is c1ccc(-c2ccc3sc4c(N(c5ccc(-c6ccccc6)c(-c6ccccc6)c5)c5ccc6ccc7ccccc7c6c5)cccc4c3c2)cc1. The summed E-state index contributed by atoms with van der Waals surface area (Å²) in [6, 6.07) is 73.0. The summed E-state index contributed by atoms with van der Waals surface area (Å²) in [5.41, 5.74) is 10.7. The summed E-state index contributed by atoms with van der Waals surface area (Å²) in [7, 11) is 0. The van der Waals surface area contributed by atoms with Crippen LogP contribution >= 0.6 is 11.3 Å². The topological polar surface area (TPSA) is 3.24 Å². The van der Waals surface area contributed by atoms with Crippen LogP contribution in [0.3, 0.4) is 0 Å². The second-order valence-electron chi connectivity index (χ2n) is 13.3. The normalized spacial score (nSPS) is 11.5. The summed E-state index contributed by atoms with van der Waals surface area (Å²) in [6.45, 7) is 0. The van der Waals surface area contributed by atoms with Crippen molar-refractivity contribution in [3.8, 4) is 33.4 Å². The second kappa shape index (κ2) is 12.7. The average Bonchev–Trinajstić information content (AvgIpc) is 3.61. The standard InChI is InChI=1S/C50H33NS/c1-4-13-34(14-5-1)39-26-30-49-47(31-39)44-21-12-22-48(50(44)52-49)51(40-27-25-38-24-23-37-19-10-11-20-42(37)46(38)32-40)41-28-29-43(35-15-6-2-7-16-35)45(33-41)36-17-8-3-9-18-36/h1-33H. The van der Waals surface area contributed by atoms with Gasteiger partial charge in [0.15, 0.2) is 0 Å². The van der Waals surface area contributed by atoms with Crippen LogP contribution in [0.15, 0.2) is 200 Å². The Labute approximate surface area is 307 Å². The van der Waals surface area contributed by atoms with Crippen molar-refractivity contribution in [2.24, 2.45) is 0 Å². The highest BCUT2D eigenvalue weighted by atomic mass is 32.1. The number of benzene rings is 9. The maximum absolute atomic E-state index is 2.47. The van der Waals surface area contributed by atoms with Gasteiger partial charge >= 0.3 is 0 Å². The van der Waals surface area contributed by atoms with Gasteiger partial charge in [-0.15, -0.1) is 11.3 Å². The molecule has 0 aliphatic heterocycles. The summed E-state index contributed by atoms with van der Waals surface area (Å²) in [5.74, 6) is 0. The number of anilines is 3. The zero-order chi connectivity index (χ0) is 34.4. The first-order valence-corrected chi connectivity index (χ1v) is 18.6. The monoisotopic (exact) mass is 679 g/mol. The Morgan fingerprint density at radius 3 is 1.69 bits per heavy atom. The lowest BCUT2D eigenvalue weighted by atomic mass is 9.93. The van der Waals surface area contributed by atoms with Gasteiger partial charge in [0.05, 0.1) is 10.4 Å². The molecular formula is C50H33NS. The minimum atomic E-state index is 1.12. The van der Waals surface area contributed by atoms with E-state index in [9.17, 15) is 0 Å². The molecule has 1 aromatic heterocycles. The van der Waals surface area contributed by atoms with Gasteiger partial charge in [-0.3, -0.25) is 0 Å². The molecule has 0 fully saturated rings. The van der Waals surface area contributed by atoms with E-state index in [1.165, 1.54) is 80.8 Å². The maximum atomic E-state index is 2.47. The molecule has 9 aromatic carbocycles. The van der Waals surface area contributed by atoms with E-state index in [0.29, 0.717) is 0 Å². The fourth-order valence-electron chi connectivity index (χ4n) is 7.72. The highest BCUT2D eigenvalue weighted by molar-refractivity contribution is 7.26. The average molecular weight is 680 g/mol. The molecule has 2 heteroatoms. The molecule has 0 atom stereocenters. The minimum Gasteiger partial charge on any atom is -0.309 e. The Kier molecular flexibility index (Phi) is 7.41. The summed E-state index contributed by atoms with van der Waals surface area (Å²) in [4.78, 5) is 2.47. The fraction of sp³-hybridized carbons (Fsp3) is 0. The molecule has 244 valence electrons. The number of hydrogen-bond donors (Lipinski definition) is 0. The minimum absolute atomic E-state index is 1.12. The molecule has 0 unspecified atom stereocenters. The van der Waals surface area contributed by atoms with Gasteiger partial charge in [0.1, 0.15) is 0 Å². The van der Waals surface area contributed by atoms with E-state index in [4.69, 9.17) is 0 Å². The number of fused-ring (bicyclic) bond motifs is 6. The third-order valence-corrected chi connectivity index (χ3v) is 11.5. The lowest BCUT2D eigenvalue weighted by molar-refractivity contribution is 1.31. The van der Waals surface area contributed by atoms with Crippen molar-refractivity contribution < 1.29 is 0 Å². The Morgan fingerprint density at radius 1 is 0.327 bits per heavy atom. The molecule has 0 spiro atoms. The van der Waals surface area contributed by atoms with Crippen LogP contribution in [0.1, 0.15) is 0 Å². The van der Waals surface area contributed by atoms with Crippen molar-refractivity contribution in [2.75, 3.05) is 4.90 Å². The maximum Gasteiger partial charge on any atom is 0.0640 e. The van der Waals surface area contributed by atoms with Crippen molar-refractivity contribution in [3.05, 3.63) is 200 Å². The lowest BCUT2D eigenvalue weighted by Gasteiger charge is -2.28. The second-order valence-corrected chi connectivity index (χ2v) is 14.4. The van der Waals surface area contributed by atoms with Gasteiger partial charge in [-0.25, -0.2) is 0 Å². The molecule has 0 aliphatic carbocycles. The molecule has 1 nitrogen and oxygen atoms in total. The van der Waals surface area contributed by atoms with E-state index in [1.807, 2.05) is 11.3 Å². The van der Waals surface area contributed by atoms with Crippen LogP contribution in [-0.4, -0.2) is 0 Å². The largest absolute Gasteiger partial charge is 0.309 e. The van der Waals surface area contributed by atoms with Gasteiger partial charge in [0, 0.05) is 26.8 Å². The van der Waals surface area contributed by atoms with E-state index in [0.717, 1.165) is 11.4 Å². The van der Waals surface area contributed by atoms with E-state index in [2.05, 4.69) is 205 Å². The molecule has 0 radical (unpaired) electrons. The van der Waals surface area contributed by atoms with Gasteiger partial charge in [-0.05, 0) is 97.4 Å². The van der Waals surface area contributed by atoms with Crippen LogP contribution in [0.4, 0.5) is 17.1 Å². The predicted octanol–water partition coefficient (Wildman–Crippen LogP) is 14.8. The van der Waals surface area contributed by atoms with Crippen molar-refractivity contribution in [1.29, 1.82) is 0 Å². The van der Waals surface area contributed by atoms with Crippen molar-refractivity contribution >= 4 is 70.1 Å². The third kappa shape index (κ3) is 5.24. The van der Waals surface area contributed by atoms with E-state index < -0.39 is 0 Å². The van der Waals surface area contributed by atoms with E-state index in [1.54, 1.807) is 0 Å². The van der Waals surface area contributed by atoms with Crippen LogP contribution in [0.25, 0.3) is 75.1 Å². The van der Waals surface area contributed by atoms with Crippen LogP contribution in [-0.2, 0) is 0 Å². The van der Waals surface area contributed by atoms with Crippen molar-refractivity contribution in [1.82, 2.24) is 0 Å². The van der Waals surface area contributed by atoms with Gasteiger partial charge in [-0.1, -0.05) is 158 Å². The highest BCUT2D eigenvalue weighted by Gasteiger charge is 2.21. The molecule has 10 aromatic rings. The van der Waals surface area contributed by atoms with Crippen LogP contribution < -0.4 is 4.90 Å². The molecule has 0 N–H and O–H groups in total. The Balaban J connectivity index is 1.24. The van der Waals surface area contributed by atoms with E-state index in [-0.39, 0.29) is 0 Å². The zero-order valence-electron chi connectivity index (χ0n) is 28.4. The molecule has 0 saturated carbocycles. The fourth-order valence-corrected chi connectivity index (χ4v) is 8.91. The lowest BCUT2D eigenvalue weighted by Crippen LogP contribution is -2.10. The Bertz CT molecular complexity index is 2890. The molecule has 10 rings (SSSR count). The molecular weight excluding hydrogens is 647 g/mol. The molecule has 0 saturated heterocycles. The van der Waals surface area contributed by atoms with Gasteiger partial charge in [0.25, 0.3) is 0 Å². The molecule has 0 aliphatic rings. The third-order valence-electron chi connectivity index (χ3n) is 10.2. The van der Waals surface area contributed by atoms with Gasteiger partial charge < -0.3 is 4.90 Å². The predicted molar refractivity (Wildman–Crippen MR) is 225 cm³/mol.